The van der Waals surface area contributed by atoms with Crippen LogP contribution in [-0.4, -0.2) is 29.2 Å². The molecule has 106 valence electrons. The molecule has 1 rings (SSSR count). The van der Waals surface area contributed by atoms with E-state index in [1.165, 1.54) is 6.20 Å². The van der Waals surface area contributed by atoms with Crippen molar-refractivity contribution < 1.29 is 14.3 Å². The van der Waals surface area contributed by atoms with Crippen molar-refractivity contribution in [3.05, 3.63) is 23.7 Å². The van der Waals surface area contributed by atoms with Crippen LogP contribution in [0.1, 0.15) is 19.7 Å². The van der Waals surface area contributed by atoms with E-state index in [1.807, 2.05) is 6.92 Å². The van der Waals surface area contributed by atoms with Gasteiger partial charge in [-0.15, -0.1) is 0 Å². The second kappa shape index (κ2) is 7.74. The third-order valence-electron chi connectivity index (χ3n) is 2.09. The van der Waals surface area contributed by atoms with E-state index in [0.29, 0.717) is 24.1 Å². The number of hydrogen-bond donors (Lipinski definition) is 1. The highest BCUT2D eigenvalue weighted by Crippen LogP contribution is 2.13. The van der Waals surface area contributed by atoms with E-state index in [-0.39, 0.29) is 12.2 Å². The Labute approximate surface area is 117 Å². The Bertz CT molecular complexity index is 549. The van der Waals surface area contributed by atoms with Crippen molar-refractivity contribution in [3.63, 3.8) is 0 Å². The molecule has 7 nitrogen and oxygen atoms in total. The van der Waals surface area contributed by atoms with Crippen molar-refractivity contribution in [3.8, 4) is 11.9 Å². The first kappa shape index (κ1) is 15.4. The van der Waals surface area contributed by atoms with Gasteiger partial charge in [-0.2, -0.15) is 10.2 Å². The van der Waals surface area contributed by atoms with E-state index in [1.54, 1.807) is 26.0 Å². The fourth-order valence-corrected chi connectivity index (χ4v) is 1.33. The normalized spacial score (nSPS) is 10.6. The molecule has 0 bridgehead atoms. The van der Waals surface area contributed by atoms with Crippen LogP contribution in [0.5, 0.6) is 5.88 Å². The maximum atomic E-state index is 11.4. The number of esters is 1. The lowest BCUT2D eigenvalue weighted by molar-refractivity contribution is -0.138. The number of hydrogen-bond acceptors (Lipinski definition) is 7. The number of ether oxygens (including phenoxy) is 2. The summed E-state index contributed by atoms with van der Waals surface area (Å²) in [4.78, 5) is 19.6. The van der Waals surface area contributed by atoms with Crippen molar-refractivity contribution in [1.29, 1.82) is 5.26 Å². The van der Waals surface area contributed by atoms with Gasteiger partial charge in [-0.25, -0.2) is 9.78 Å². The van der Waals surface area contributed by atoms with Crippen LogP contribution in [0.25, 0.3) is 0 Å². The molecular weight excluding hydrogens is 260 g/mol. The van der Waals surface area contributed by atoms with Crippen molar-refractivity contribution in [1.82, 2.24) is 9.97 Å². The molecule has 0 radical (unpaired) electrons. The molecule has 0 aromatic carbocycles. The van der Waals surface area contributed by atoms with Crippen LogP contribution in [0.2, 0.25) is 0 Å². The van der Waals surface area contributed by atoms with Crippen molar-refractivity contribution in [2.75, 3.05) is 18.5 Å². The van der Waals surface area contributed by atoms with Gasteiger partial charge in [0.25, 0.3) is 0 Å². The van der Waals surface area contributed by atoms with Crippen LogP contribution >= 0.6 is 0 Å². The van der Waals surface area contributed by atoms with Gasteiger partial charge >= 0.3 is 5.97 Å². The number of carbonyl (C=O) groups is 1. The molecule has 0 aliphatic heterocycles. The number of carbonyl (C=O) groups excluding carboxylic acids is 1. The highest BCUT2D eigenvalue weighted by Gasteiger charge is 2.09. The summed E-state index contributed by atoms with van der Waals surface area (Å²) >= 11 is 0. The van der Waals surface area contributed by atoms with Crippen molar-refractivity contribution >= 4 is 11.8 Å². The third-order valence-corrected chi connectivity index (χ3v) is 2.09. The zero-order valence-electron chi connectivity index (χ0n) is 11.6. The average Bonchev–Trinajstić information content (AvgIpc) is 2.39. The molecule has 1 aromatic heterocycles. The fraction of sp³-hybridized carbons (Fsp3) is 0.385. The largest absolute Gasteiger partial charge is 0.478 e. The summed E-state index contributed by atoms with van der Waals surface area (Å²) in [5, 5.41) is 11.6. The number of nitrogens with zero attached hydrogens (tertiary/aromatic N) is 3. The summed E-state index contributed by atoms with van der Waals surface area (Å²) < 4.78 is 10.0. The van der Waals surface area contributed by atoms with Crippen molar-refractivity contribution in [2.24, 2.45) is 0 Å². The lowest BCUT2D eigenvalue weighted by atomic mass is 10.3. The monoisotopic (exact) mass is 276 g/mol. The van der Waals surface area contributed by atoms with E-state index in [4.69, 9.17) is 14.7 Å². The number of nitriles is 1. The predicted molar refractivity (Wildman–Crippen MR) is 71.9 cm³/mol. The van der Waals surface area contributed by atoms with Gasteiger partial charge in [0.2, 0.25) is 5.88 Å². The average molecular weight is 276 g/mol. The first-order valence-electron chi connectivity index (χ1n) is 6.13. The SMILES string of the molecule is CCOC(=O)/C(C#N)=C/Nc1cc(OCC)nc(C)n1. The molecule has 0 aliphatic carbocycles. The van der Waals surface area contributed by atoms with E-state index in [9.17, 15) is 4.79 Å². The Morgan fingerprint density at radius 3 is 2.80 bits per heavy atom. The van der Waals surface area contributed by atoms with Gasteiger partial charge in [-0.05, 0) is 20.8 Å². The quantitative estimate of drug-likeness (QED) is 0.478. The van der Waals surface area contributed by atoms with Gasteiger partial charge in [0.05, 0.1) is 13.2 Å². The van der Waals surface area contributed by atoms with Gasteiger partial charge in [0, 0.05) is 12.3 Å². The minimum absolute atomic E-state index is 0.138. The summed E-state index contributed by atoms with van der Waals surface area (Å²) in [5.74, 6) is 0.684. The number of anilines is 1. The molecule has 0 saturated heterocycles. The number of aromatic nitrogens is 2. The Kier molecular flexibility index (Phi) is 5.97. The highest BCUT2D eigenvalue weighted by molar-refractivity contribution is 5.93. The number of rotatable bonds is 6. The smallest absolute Gasteiger partial charge is 0.350 e. The summed E-state index contributed by atoms with van der Waals surface area (Å²) in [6, 6.07) is 3.34. The lowest BCUT2D eigenvalue weighted by Gasteiger charge is -2.06. The maximum absolute atomic E-state index is 11.4. The molecule has 1 heterocycles. The minimum Gasteiger partial charge on any atom is -0.478 e. The van der Waals surface area contributed by atoms with E-state index in [0.717, 1.165) is 0 Å². The van der Waals surface area contributed by atoms with Crippen LogP contribution in [0, 0.1) is 18.3 Å². The lowest BCUT2D eigenvalue weighted by Crippen LogP contribution is -2.08. The Hall–Kier alpha value is -2.62. The number of aryl methyl sites for hydroxylation is 1. The van der Waals surface area contributed by atoms with Crippen LogP contribution < -0.4 is 10.1 Å². The standard InChI is InChI=1S/C13H16N4O3/c1-4-19-12-6-11(16-9(3)17-12)15-8-10(7-14)13(18)20-5-2/h6,8H,4-5H2,1-3H3,(H,15,16,17)/b10-8+. The maximum Gasteiger partial charge on any atom is 0.350 e. The molecule has 0 atom stereocenters. The van der Waals surface area contributed by atoms with E-state index < -0.39 is 5.97 Å². The predicted octanol–water partition coefficient (Wildman–Crippen LogP) is 1.57. The van der Waals surface area contributed by atoms with Gasteiger partial charge < -0.3 is 14.8 Å². The molecule has 0 spiro atoms. The van der Waals surface area contributed by atoms with E-state index in [2.05, 4.69) is 15.3 Å². The van der Waals surface area contributed by atoms with Crippen LogP contribution in [0.3, 0.4) is 0 Å². The Balaban J connectivity index is 2.87. The number of nitrogens with one attached hydrogen (secondary N) is 1. The molecule has 0 amide bonds. The van der Waals surface area contributed by atoms with Crippen LogP contribution in [0.4, 0.5) is 5.82 Å². The zero-order chi connectivity index (χ0) is 15.0. The van der Waals surface area contributed by atoms with Crippen LogP contribution in [0.15, 0.2) is 17.8 Å². The first-order chi connectivity index (χ1) is 9.60. The molecule has 1 aromatic rings. The van der Waals surface area contributed by atoms with Crippen LogP contribution in [-0.2, 0) is 9.53 Å². The summed E-state index contributed by atoms with van der Waals surface area (Å²) in [5.41, 5.74) is -0.138. The molecule has 7 heteroatoms. The Morgan fingerprint density at radius 2 is 2.20 bits per heavy atom. The topological polar surface area (TPSA) is 97.1 Å². The Morgan fingerprint density at radius 1 is 1.45 bits per heavy atom. The van der Waals surface area contributed by atoms with Crippen molar-refractivity contribution in [2.45, 2.75) is 20.8 Å². The molecule has 20 heavy (non-hydrogen) atoms. The molecule has 0 saturated carbocycles. The summed E-state index contributed by atoms with van der Waals surface area (Å²) in [7, 11) is 0. The molecule has 1 N–H and O–H groups in total. The molecule has 0 unspecified atom stereocenters. The van der Waals surface area contributed by atoms with E-state index >= 15 is 0 Å². The first-order valence-corrected chi connectivity index (χ1v) is 6.13. The molecule has 0 fully saturated rings. The highest BCUT2D eigenvalue weighted by atomic mass is 16.5. The second-order valence-electron chi connectivity index (χ2n) is 3.61. The summed E-state index contributed by atoms with van der Waals surface area (Å²) in [6.45, 7) is 5.92. The molecular formula is C13H16N4O3. The third kappa shape index (κ3) is 4.57. The fourth-order valence-electron chi connectivity index (χ4n) is 1.33. The van der Waals surface area contributed by atoms with Gasteiger partial charge in [0.15, 0.2) is 5.57 Å². The van der Waals surface area contributed by atoms with Gasteiger partial charge in [-0.3, -0.25) is 0 Å². The molecule has 0 aliphatic rings. The zero-order valence-corrected chi connectivity index (χ0v) is 11.6. The van der Waals surface area contributed by atoms with Gasteiger partial charge in [0.1, 0.15) is 17.7 Å². The summed E-state index contributed by atoms with van der Waals surface area (Å²) in [6.07, 6.45) is 1.25. The van der Waals surface area contributed by atoms with Gasteiger partial charge in [-0.1, -0.05) is 0 Å². The second-order valence-corrected chi connectivity index (χ2v) is 3.61. The minimum atomic E-state index is -0.682.